The molecule has 92 valence electrons. The zero-order valence-corrected chi connectivity index (χ0v) is 10.6. The summed E-state index contributed by atoms with van der Waals surface area (Å²) in [5.41, 5.74) is 7.44. The Balaban J connectivity index is 2.08. The van der Waals surface area contributed by atoms with Crippen LogP contribution in [0.3, 0.4) is 0 Å². The molecule has 0 saturated heterocycles. The lowest BCUT2D eigenvalue weighted by atomic mass is 10.2. The van der Waals surface area contributed by atoms with Crippen LogP contribution in [0.1, 0.15) is 11.1 Å². The van der Waals surface area contributed by atoms with E-state index < -0.39 is 0 Å². The first-order valence-corrected chi connectivity index (χ1v) is 6.02. The smallest absolute Gasteiger partial charge is 0.127 e. The molecule has 3 heteroatoms. The number of benzene rings is 2. The first-order valence-electron chi connectivity index (χ1n) is 5.64. The molecule has 2 aromatic carbocycles. The molecular weight excluding hydrogens is 246 g/mol. The summed E-state index contributed by atoms with van der Waals surface area (Å²) in [5.74, 6) is 0.814. The van der Waals surface area contributed by atoms with E-state index in [-0.39, 0.29) is 0 Å². The van der Waals surface area contributed by atoms with Crippen molar-refractivity contribution in [3.63, 3.8) is 0 Å². The summed E-state index contributed by atoms with van der Waals surface area (Å²) in [7, 11) is 0. The van der Waals surface area contributed by atoms with Gasteiger partial charge in [-0.3, -0.25) is 0 Å². The van der Waals surface area contributed by atoms with Crippen LogP contribution < -0.4 is 10.5 Å². The molecule has 2 rings (SSSR count). The van der Waals surface area contributed by atoms with Crippen LogP contribution in [0.4, 0.5) is 0 Å². The zero-order chi connectivity index (χ0) is 12.8. The van der Waals surface area contributed by atoms with Crippen LogP contribution in [-0.4, -0.2) is 0 Å². The van der Waals surface area contributed by atoms with Crippen LogP contribution in [0.5, 0.6) is 5.75 Å². The van der Waals surface area contributed by atoms with Gasteiger partial charge in [0.05, 0.1) is 0 Å². The molecule has 0 fully saturated rings. The lowest BCUT2D eigenvalue weighted by Crippen LogP contribution is -1.96. The van der Waals surface area contributed by atoms with Crippen molar-refractivity contribution in [2.24, 2.45) is 5.73 Å². The molecule has 0 amide bonds. The maximum Gasteiger partial charge on any atom is 0.127 e. The van der Waals surface area contributed by atoms with Gasteiger partial charge in [0.1, 0.15) is 12.4 Å². The molecule has 2 N–H and O–H groups in total. The standard InChI is InChI=1S/C15H14ClNO/c16-14-7-5-12(6-8-14)11-18-15-4-2-1-3-13(15)9-10-17/h1-10H,11,17H2/b10-9-. The van der Waals surface area contributed by atoms with E-state index in [1.54, 1.807) is 0 Å². The number of rotatable bonds is 4. The minimum Gasteiger partial charge on any atom is -0.488 e. The summed E-state index contributed by atoms with van der Waals surface area (Å²) in [6.07, 6.45) is 3.32. The van der Waals surface area contributed by atoms with E-state index in [0.717, 1.165) is 21.9 Å². The molecule has 18 heavy (non-hydrogen) atoms. The summed E-state index contributed by atoms with van der Waals surface area (Å²) < 4.78 is 5.77. The van der Waals surface area contributed by atoms with Gasteiger partial charge in [-0.2, -0.15) is 0 Å². The van der Waals surface area contributed by atoms with Crippen LogP contribution in [0.2, 0.25) is 5.02 Å². The van der Waals surface area contributed by atoms with Gasteiger partial charge in [0.2, 0.25) is 0 Å². The van der Waals surface area contributed by atoms with Gasteiger partial charge in [0.15, 0.2) is 0 Å². The predicted molar refractivity (Wildman–Crippen MR) is 75.4 cm³/mol. The lowest BCUT2D eigenvalue weighted by Gasteiger charge is -2.09. The third-order valence-corrected chi connectivity index (χ3v) is 2.75. The topological polar surface area (TPSA) is 35.2 Å². The van der Waals surface area contributed by atoms with Crippen LogP contribution in [-0.2, 0) is 6.61 Å². The van der Waals surface area contributed by atoms with Crippen molar-refractivity contribution in [3.05, 3.63) is 70.9 Å². The molecule has 0 bridgehead atoms. The Morgan fingerprint density at radius 2 is 1.78 bits per heavy atom. The summed E-state index contributed by atoms with van der Waals surface area (Å²) in [5, 5.41) is 0.727. The SMILES string of the molecule is N/C=C\c1ccccc1OCc1ccc(Cl)cc1. The van der Waals surface area contributed by atoms with Crippen molar-refractivity contribution in [1.29, 1.82) is 0 Å². The Bertz CT molecular complexity index is 534. The van der Waals surface area contributed by atoms with Gasteiger partial charge in [0.25, 0.3) is 0 Å². The Hall–Kier alpha value is -1.93. The van der Waals surface area contributed by atoms with Gasteiger partial charge in [-0.05, 0) is 36.0 Å². The summed E-state index contributed by atoms with van der Waals surface area (Å²) in [6.45, 7) is 0.507. The van der Waals surface area contributed by atoms with Gasteiger partial charge in [-0.15, -0.1) is 0 Å². The minimum atomic E-state index is 0.507. The van der Waals surface area contributed by atoms with Crippen molar-refractivity contribution >= 4 is 17.7 Å². The molecule has 0 aromatic heterocycles. The highest BCUT2D eigenvalue weighted by atomic mass is 35.5. The molecule has 0 atom stereocenters. The first kappa shape index (κ1) is 12.5. The highest BCUT2D eigenvalue weighted by molar-refractivity contribution is 6.30. The van der Waals surface area contributed by atoms with Gasteiger partial charge < -0.3 is 10.5 Å². The normalized spacial score (nSPS) is 10.7. The number of hydrogen-bond donors (Lipinski definition) is 1. The second kappa shape index (κ2) is 6.12. The minimum absolute atomic E-state index is 0.507. The predicted octanol–water partition coefficient (Wildman–Crippen LogP) is 3.85. The summed E-state index contributed by atoms with van der Waals surface area (Å²) >= 11 is 5.83. The average Bonchev–Trinajstić information content (AvgIpc) is 2.40. The Morgan fingerprint density at radius 3 is 2.50 bits per heavy atom. The molecule has 0 unspecified atom stereocenters. The van der Waals surface area contributed by atoms with E-state index in [1.165, 1.54) is 6.20 Å². The first-order chi connectivity index (χ1) is 8.79. The third kappa shape index (κ3) is 3.28. The highest BCUT2D eigenvalue weighted by Gasteiger charge is 2.00. The van der Waals surface area contributed by atoms with Crippen molar-refractivity contribution in [2.45, 2.75) is 6.61 Å². The van der Waals surface area contributed by atoms with Crippen LogP contribution >= 0.6 is 11.6 Å². The number of para-hydroxylation sites is 1. The molecule has 0 heterocycles. The fourth-order valence-corrected chi connectivity index (χ4v) is 1.72. The van der Waals surface area contributed by atoms with Crippen molar-refractivity contribution in [1.82, 2.24) is 0 Å². The number of nitrogens with two attached hydrogens (primary N) is 1. The van der Waals surface area contributed by atoms with E-state index >= 15 is 0 Å². The van der Waals surface area contributed by atoms with E-state index in [9.17, 15) is 0 Å². The number of hydrogen-bond acceptors (Lipinski definition) is 2. The fourth-order valence-electron chi connectivity index (χ4n) is 1.60. The Morgan fingerprint density at radius 1 is 1.06 bits per heavy atom. The Labute approximate surface area is 112 Å². The maximum atomic E-state index is 5.83. The highest BCUT2D eigenvalue weighted by Crippen LogP contribution is 2.20. The van der Waals surface area contributed by atoms with Gasteiger partial charge in [-0.1, -0.05) is 41.9 Å². The van der Waals surface area contributed by atoms with Gasteiger partial charge in [-0.25, -0.2) is 0 Å². The number of halogens is 1. The molecule has 2 nitrogen and oxygen atoms in total. The molecule has 2 aromatic rings. The fraction of sp³-hybridized carbons (Fsp3) is 0.0667. The second-order valence-corrected chi connectivity index (χ2v) is 4.25. The van der Waals surface area contributed by atoms with E-state index in [4.69, 9.17) is 22.1 Å². The van der Waals surface area contributed by atoms with E-state index in [0.29, 0.717) is 6.61 Å². The summed E-state index contributed by atoms with van der Waals surface area (Å²) in [4.78, 5) is 0. The largest absolute Gasteiger partial charge is 0.488 e. The molecule has 0 radical (unpaired) electrons. The zero-order valence-electron chi connectivity index (χ0n) is 9.84. The Kier molecular flexibility index (Phi) is 4.26. The van der Waals surface area contributed by atoms with Crippen LogP contribution in [0, 0.1) is 0 Å². The average molecular weight is 260 g/mol. The van der Waals surface area contributed by atoms with Crippen LogP contribution in [0.15, 0.2) is 54.7 Å². The number of ether oxygens (including phenoxy) is 1. The molecule has 0 aliphatic heterocycles. The lowest BCUT2D eigenvalue weighted by molar-refractivity contribution is 0.305. The molecule has 0 aliphatic rings. The quantitative estimate of drug-likeness (QED) is 0.905. The molecular formula is C15H14ClNO. The van der Waals surface area contributed by atoms with Gasteiger partial charge in [0, 0.05) is 10.6 Å². The summed E-state index contributed by atoms with van der Waals surface area (Å²) in [6, 6.07) is 15.4. The van der Waals surface area contributed by atoms with Crippen molar-refractivity contribution < 1.29 is 4.74 Å². The van der Waals surface area contributed by atoms with Gasteiger partial charge >= 0.3 is 0 Å². The maximum absolute atomic E-state index is 5.83. The van der Waals surface area contributed by atoms with Crippen LogP contribution in [0.25, 0.3) is 6.08 Å². The van der Waals surface area contributed by atoms with E-state index in [2.05, 4.69) is 0 Å². The van der Waals surface area contributed by atoms with Crippen molar-refractivity contribution in [3.8, 4) is 5.75 Å². The molecule has 0 saturated carbocycles. The second-order valence-electron chi connectivity index (χ2n) is 3.81. The monoisotopic (exact) mass is 259 g/mol. The molecule has 0 aliphatic carbocycles. The molecule has 0 spiro atoms. The van der Waals surface area contributed by atoms with Crippen molar-refractivity contribution in [2.75, 3.05) is 0 Å². The third-order valence-electron chi connectivity index (χ3n) is 2.50. The van der Waals surface area contributed by atoms with E-state index in [1.807, 2.05) is 54.6 Å².